The number of amides is 1. The lowest BCUT2D eigenvalue weighted by Crippen LogP contribution is -2.39. The minimum atomic E-state index is -0.520. The molecular weight excluding hydrogens is 470 g/mol. The number of hydrogen-bond acceptors (Lipinski definition) is 5. The summed E-state index contributed by atoms with van der Waals surface area (Å²) in [6, 6.07) is 22.9. The largest absolute Gasteiger partial charge is 0.497 e. The molecule has 0 aromatic heterocycles. The molecule has 3 aromatic carbocycles. The highest BCUT2D eigenvalue weighted by molar-refractivity contribution is 9.10. The van der Waals surface area contributed by atoms with Crippen LogP contribution in [0.3, 0.4) is 0 Å². The number of ether oxygens (including phenoxy) is 1. The lowest BCUT2D eigenvalue weighted by atomic mass is 9.98. The number of carbonyl (C=O) groups excluding carboxylic acids is 2. The normalized spacial score (nSPS) is 17.6. The second kappa shape index (κ2) is 8.24. The molecule has 160 valence electrons. The Balaban J connectivity index is 1.50. The quantitative estimate of drug-likeness (QED) is 0.483. The molecule has 0 spiro atoms. The van der Waals surface area contributed by atoms with Gasteiger partial charge in [-0.15, -0.1) is 0 Å². The molecule has 32 heavy (non-hydrogen) atoms. The van der Waals surface area contributed by atoms with E-state index in [2.05, 4.69) is 28.1 Å². The maximum absolute atomic E-state index is 12.7. The van der Waals surface area contributed by atoms with Crippen LogP contribution < -0.4 is 9.64 Å². The summed E-state index contributed by atoms with van der Waals surface area (Å²) in [5.74, 6) is -0.209. The van der Waals surface area contributed by atoms with Gasteiger partial charge in [-0.25, -0.2) is 0 Å². The van der Waals surface area contributed by atoms with Gasteiger partial charge in [0.1, 0.15) is 12.4 Å². The molecular formula is C25H20BrN3O3. The van der Waals surface area contributed by atoms with Gasteiger partial charge in [0.05, 0.1) is 30.1 Å². The first-order valence-corrected chi connectivity index (χ1v) is 11.0. The topological polar surface area (TPSA) is 62.2 Å². The average Bonchev–Trinajstić information content (AvgIpc) is 3.35. The van der Waals surface area contributed by atoms with E-state index in [4.69, 9.17) is 9.84 Å². The van der Waals surface area contributed by atoms with E-state index in [1.165, 1.54) is 4.90 Å². The summed E-state index contributed by atoms with van der Waals surface area (Å²) in [7, 11) is 1.64. The SMILES string of the molecule is COc1ccc(C2=NN(CN3C(=O)C(=O)c4ccccc43)[C@H](c3ccc(Br)cc3)C2)cc1. The number of nitrogens with zero attached hydrogens (tertiary/aromatic N) is 3. The highest BCUT2D eigenvalue weighted by Gasteiger charge is 2.39. The summed E-state index contributed by atoms with van der Waals surface area (Å²) in [5, 5.41) is 6.78. The predicted molar refractivity (Wildman–Crippen MR) is 126 cm³/mol. The third kappa shape index (κ3) is 3.58. The zero-order valence-electron chi connectivity index (χ0n) is 17.4. The molecule has 5 rings (SSSR count). The number of anilines is 1. The second-order valence-corrected chi connectivity index (χ2v) is 8.62. The van der Waals surface area contributed by atoms with Gasteiger partial charge in [-0.2, -0.15) is 5.10 Å². The van der Waals surface area contributed by atoms with Gasteiger partial charge in [-0.1, -0.05) is 40.2 Å². The van der Waals surface area contributed by atoms with Crippen molar-refractivity contribution in [3.05, 3.63) is 94.0 Å². The molecule has 2 aliphatic rings. The van der Waals surface area contributed by atoms with Crippen LogP contribution in [0.25, 0.3) is 0 Å². The van der Waals surface area contributed by atoms with E-state index in [9.17, 15) is 9.59 Å². The first kappa shape index (κ1) is 20.5. The van der Waals surface area contributed by atoms with Gasteiger partial charge in [0.2, 0.25) is 0 Å². The summed E-state index contributed by atoms with van der Waals surface area (Å²) in [4.78, 5) is 26.7. The van der Waals surface area contributed by atoms with E-state index in [0.29, 0.717) is 17.7 Å². The fourth-order valence-corrected chi connectivity index (χ4v) is 4.42. The lowest BCUT2D eigenvalue weighted by molar-refractivity contribution is -0.114. The van der Waals surface area contributed by atoms with Gasteiger partial charge in [-0.05, 0) is 59.7 Å². The van der Waals surface area contributed by atoms with Gasteiger partial charge in [0.15, 0.2) is 0 Å². The molecule has 2 aliphatic heterocycles. The van der Waals surface area contributed by atoms with Crippen LogP contribution in [0.2, 0.25) is 0 Å². The summed E-state index contributed by atoms with van der Waals surface area (Å²) in [6.07, 6.45) is 0.686. The van der Waals surface area contributed by atoms with Gasteiger partial charge in [-0.3, -0.25) is 19.5 Å². The van der Waals surface area contributed by atoms with Crippen LogP contribution in [0.4, 0.5) is 5.69 Å². The van der Waals surface area contributed by atoms with Crippen molar-refractivity contribution in [2.45, 2.75) is 12.5 Å². The van der Waals surface area contributed by atoms with E-state index in [0.717, 1.165) is 27.1 Å². The van der Waals surface area contributed by atoms with E-state index in [1.807, 2.05) is 47.5 Å². The van der Waals surface area contributed by atoms with Crippen molar-refractivity contribution in [1.82, 2.24) is 5.01 Å². The second-order valence-electron chi connectivity index (χ2n) is 7.71. The van der Waals surface area contributed by atoms with Crippen molar-refractivity contribution in [3.63, 3.8) is 0 Å². The molecule has 1 atom stereocenters. The Morgan fingerprint density at radius 2 is 1.72 bits per heavy atom. The number of benzene rings is 3. The third-order valence-corrected chi connectivity index (χ3v) is 6.37. The van der Waals surface area contributed by atoms with E-state index in [-0.39, 0.29) is 12.7 Å². The van der Waals surface area contributed by atoms with Gasteiger partial charge >= 0.3 is 5.91 Å². The van der Waals surface area contributed by atoms with Gasteiger partial charge in [0.25, 0.3) is 5.78 Å². The van der Waals surface area contributed by atoms with E-state index < -0.39 is 11.7 Å². The molecule has 0 fully saturated rings. The van der Waals surface area contributed by atoms with Crippen molar-refractivity contribution in [2.24, 2.45) is 5.10 Å². The molecule has 0 radical (unpaired) electrons. The van der Waals surface area contributed by atoms with Crippen molar-refractivity contribution in [2.75, 3.05) is 18.7 Å². The molecule has 6 nitrogen and oxygen atoms in total. The minimum Gasteiger partial charge on any atom is -0.497 e. The van der Waals surface area contributed by atoms with Gasteiger partial charge in [0, 0.05) is 10.9 Å². The zero-order valence-corrected chi connectivity index (χ0v) is 19.0. The highest BCUT2D eigenvalue weighted by Crippen LogP contribution is 2.36. The average molecular weight is 490 g/mol. The first-order chi connectivity index (χ1) is 15.5. The summed E-state index contributed by atoms with van der Waals surface area (Å²) in [5.41, 5.74) is 4.08. The Hall–Kier alpha value is -3.45. The van der Waals surface area contributed by atoms with E-state index in [1.54, 1.807) is 25.3 Å². The number of fused-ring (bicyclic) bond motifs is 1. The predicted octanol–water partition coefficient (Wildman–Crippen LogP) is 4.80. The number of carbonyl (C=O) groups is 2. The molecule has 0 aliphatic carbocycles. The van der Waals surface area contributed by atoms with E-state index >= 15 is 0 Å². The third-order valence-electron chi connectivity index (χ3n) is 5.84. The maximum atomic E-state index is 12.7. The van der Waals surface area contributed by atoms with Crippen LogP contribution in [-0.2, 0) is 4.79 Å². The molecule has 7 heteroatoms. The van der Waals surface area contributed by atoms with Crippen LogP contribution in [0.5, 0.6) is 5.75 Å². The molecule has 3 aromatic rings. The van der Waals surface area contributed by atoms with Crippen LogP contribution in [0.15, 0.2) is 82.4 Å². The number of methoxy groups -OCH3 is 1. The summed E-state index contributed by atoms with van der Waals surface area (Å²) in [6.45, 7) is 0.196. The number of para-hydroxylation sites is 1. The molecule has 0 saturated carbocycles. The van der Waals surface area contributed by atoms with Crippen molar-refractivity contribution >= 4 is 39.0 Å². The number of halogens is 1. The first-order valence-electron chi connectivity index (χ1n) is 10.2. The lowest BCUT2D eigenvalue weighted by Gasteiger charge is -2.28. The van der Waals surface area contributed by atoms with Crippen molar-refractivity contribution < 1.29 is 14.3 Å². The molecule has 0 N–H and O–H groups in total. The smallest absolute Gasteiger partial charge is 0.301 e. The number of hydrazone groups is 1. The highest BCUT2D eigenvalue weighted by atomic mass is 79.9. The Labute approximate surface area is 194 Å². The number of rotatable bonds is 5. The van der Waals surface area contributed by atoms with Crippen molar-refractivity contribution in [1.29, 1.82) is 0 Å². The molecule has 0 bridgehead atoms. The van der Waals surface area contributed by atoms with Crippen LogP contribution in [0, 0.1) is 0 Å². The minimum absolute atomic E-state index is 0.0594. The van der Waals surface area contributed by atoms with Crippen LogP contribution in [0.1, 0.15) is 33.9 Å². The Morgan fingerprint density at radius 1 is 1.00 bits per heavy atom. The fourth-order valence-electron chi connectivity index (χ4n) is 4.15. The van der Waals surface area contributed by atoms with Crippen molar-refractivity contribution in [3.8, 4) is 5.75 Å². The summed E-state index contributed by atoms with van der Waals surface area (Å²) < 4.78 is 6.26. The molecule has 2 heterocycles. The summed E-state index contributed by atoms with van der Waals surface area (Å²) >= 11 is 3.49. The van der Waals surface area contributed by atoms with Crippen LogP contribution in [-0.4, -0.2) is 36.2 Å². The Morgan fingerprint density at radius 3 is 2.44 bits per heavy atom. The number of ketones is 1. The van der Waals surface area contributed by atoms with Crippen LogP contribution >= 0.6 is 15.9 Å². The standard InChI is InChI=1S/C25H20BrN3O3/c1-32-19-12-8-16(9-13-19)21-14-23(17-6-10-18(26)11-7-17)29(27-21)15-28-22-5-3-2-4-20(22)24(30)25(28)31/h2-13,23H,14-15H2,1H3/t23-/m0/s1. The Bertz CT molecular complexity index is 1220. The monoisotopic (exact) mass is 489 g/mol. The fraction of sp³-hybridized carbons (Fsp3) is 0.160. The number of hydrogen-bond donors (Lipinski definition) is 0. The zero-order chi connectivity index (χ0) is 22.2. The number of Topliss-reactive ketones (excluding diaryl/α,β-unsaturated/α-hetero) is 1. The molecule has 1 amide bonds. The Kier molecular flexibility index (Phi) is 5.27. The molecule has 0 saturated heterocycles. The van der Waals surface area contributed by atoms with Gasteiger partial charge < -0.3 is 4.74 Å². The maximum Gasteiger partial charge on any atom is 0.301 e. The molecule has 0 unspecified atom stereocenters.